The predicted octanol–water partition coefficient (Wildman–Crippen LogP) is 1.80. The number of rotatable bonds is 13. The van der Waals surface area contributed by atoms with Gasteiger partial charge in [0.1, 0.15) is 11.9 Å². The number of nitrogens with two attached hydrogens (primary N) is 1. The van der Waals surface area contributed by atoms with Crippen molar-refractivity contribution in [3.63, 3.8) is 0 Å². The summed E-state index contributed by atoms with van der Waals surface area (Å²) in [6.07, 6.45) is 5.04. The minimum absolute atomic E-state index is 0.261. The lowest BCUT2D eigenvalue weighted by atomic mass is 9.99. The second-order valence-corrected chi connectivity index (χ2v) is 8.24. The first-order chi connectivity index (χ1) is 15.9. The van der Waals surface area contributed by atoms with Crippen molar-refractivity contribution in [3.8, 4) is 6.07 Å². The van der Waals surface area contributed by atoms with Gasteiger partial charge in [0.15, 0.2) is 0 Å². The summed E-state index contributed by atoms with van der Waals surface area (Å²) in [5.41, 5.74) is 8.97. The van der Waals surface area contributed by atoms with Crippen LogP contribution in [0.5, 0.6) is 0 Å². The van der Waals surface area contributed by atoms with E-state index in [4.69, 9.17) is 10.5 Å². The van der Waals surface area contributed by atoms with Gasteiger partial charge in [-0.2, -0.15) is 5.26 Å². The maximum atomic E-state index is 15.0. The Kier molecular flexibility index (Phi) is 11.1. The highest BCUT2D eigenvalue weighted by atomic mass is 19.1. The minimum Gasteiger partial charge on any atom is -0.394 e. The third-order valence-corrected chi connectivity index (χ3v) is 5.53. The third-order valence-electron chi connectivity index (χ3n) is 5.53. The van der Waals surface area contributed by atoms with Crippen LogP contribution in [0.4, 0.5) is 10.1 Å². The Balaban J connectivity index is 2.20. The van der Waals surface area contributed by atoms with E-state index in [1.807, 2.05) is 13.2 Å². The van der Waals surface area contributed by atoms with Crippen LogP contribution in [0.3, 0.4) is 0 Å². The zero-order valence-electron chi connectivity index (χ0n) is 20.1. The van der Waals surface area contributed by atoms with E-state index < -0.39 is 18.0 Å². The van der Waals surface area contributed by atoms with Gasteiger partial charge in [0.05, 0.1) is 30.6 Å². The summed E-state index contributed by atoms with van der Waals surface area (Å²) >= 11 is 0. The number of nitrogens with zero attached hydrogens (tertiary/aromatic N) is 2. The zero-order chi connectivity index (χ0) is 24.2. The molecular formula is C24H38FN7O. The van der Waals surface area contributed by atoms with Crippen molar-refractivity contribution in [3.05, 3.63) is 47.6 Å². The molecule has 3 atom stereocenters. The van der Waals surface area contributed by atoms with Crippen molar-refractivity contribution >= 4 is 11.3 Å². The molecule has 1 aliphatic heterocycles. The van der Waals surface area contributed by atoms with Gasteiger partial charge in [0.2, 0.25) is 0 Å². The molecule has 33 heavy (non-hydrogen) atoms. The molecule has 6 N–H and O–H groups in total. The minimum atomic E-state index is -0.573. The van der Waals surface area contributed by atoms with Crippen LogP contribution in [-0.4, -0.2) is 70.6 Å². The molecule has 182 valence electrons. The number of ether oxygens (including phenoxy) is 1. The molecule has 0 radical (unpaired) electrons. The molecule has 3 unspecified atom stereocenters. The molecule has 0 amide bonds. The summed E-state index contributed by atoms with van der Waals surface area (Å²) < 4.78 is 20.5. The molecule has 1 heterocycles. The Morgan fingerprint density at radius 3 is 2.76 bits per heavy atom. The quantitative estimate of drug-likeness (QED) is 0.284. The summed E-state index contributed by atoms with van der Waals surface area (Å²) in [5, 5.41) is 21.8. The topological polar surface area (TPSA) is 110 Å². The fourth-order valence-electron chi connectivity index (χ4n) is 3.75. The fraction of sp³-hybridized carbons (Fsp3) is 0.542. The van der Waals surface area contributed by atoms with E-state index >= 15 is 4.39 Å². The molecule has 0 aliphatic carbocycles. The smallest absolute Gasteiger partial charge is 0.146 e. The average Bonchev–Trinajstić information content (AvgIpc) is 3.32. The van der Waals surface area contributed by atoms with Gasteiger partial charge in [-0.1, -0.05) is 13.0 Å². The third kappa shape index (κ3) is 8.02. The predicted molar refractivity (Wildman–Crippen MR) is 132 cm³/mol. The van der Waals surface area contributed by atoms with Crippen molar-refractivity contribution in [2.24, 2.45) is 5.73 Å². The number of benzene rings is 1. The molecular weight excluding hydrogens is 421 g/mol. The van der Waals surface area contributed by atoms with Crippen LogP contribution in [-0.2, 0) is 4.74 Å². The first kappa shape index (κ1) is 26.6. The Morgan fingerprint density at radius 2 is 2.18 bits per heavy atom. The van der Waals surface area contributed by atoms with Gasteiger partial charge in [-0.3, -0.25) is 0 Å². The number of hydrogen-bond acceptors (Lipinski definition) is 8. The lowest BCUT2D eigenvalue weighted by Gasteiger charge is -2.25. The second-order valence-electron chi connectivity index (χ2n) is 8.24. The van der Waals surface area contributed by atoms with Gasteiger partial charge in [-0.25, -0.2) is 4.39 Å². The van der Waals surface area contributed by atoms with Gasteiger partial charge in [-0.15, -0.1) is 0 Å². The molecule has 0 saturated carbocycles. The van der Waals surface area contributed by atoms with E-state index in [1.165, 1.54) is 6.07 Å². The van der Waals surface area contributed by atoms with Gasteiger partial charge in [0.25, 0.3) is 0 Å². The maximum Gasteiger partial charge on any atom is 0.146 e. The summed E-state index contributed by atoms with van der Waals surface area (Å²) in [6, 6.07) is 6.73. The maximum absolute atomic E-state index is 15.0. The van der Waals surface area contributed by atoms with Crippen LogP contribution in [0.25, 0.3) is 5.57 Å². The molecule has 1 aromatic carbocycles. The van der Waals surface area contributed by atoms with Crippen molar-refractivity contribution < 1.29 is 9.13 Å². The summed E-state index contributed by atoms with van der Waals surface area (Å²) in [7, 11) is 5.48. The average molecular weight is 460 g/mol. The standard InChI is InChI=1S/C24H38FN7O/c1-5-9-32(4)15-18(13-30-19-8-10-33-16-19)24(27)31-22-7-6-17(11-21(22)25)20(14-28-2)23(12-26)29-3/h6-7,11,13-14,19,23-24,28-31H,5,8-10,15-16,27H2,1-4H3/b18-13-,20-14-. The normalized spacial score (nSPS) is 18.7. The SMILES string of the molecule is CCCN(C)C/C(=C/NC1CCOC1)C(N)Nc1ccc(/C(=C/NC)C(C#N)NC)cc1F. The molecule has 8 nitrogen and oxygen atoms in total. The highest BCUT2D eigenvalue weighted by molar-refractivity contribution is 5.73. The Bertz CT molecular complexity index is 846. The van der Waals surface area contributed by atoms with Crippen molar-refractivity contribution in [1.29, 1.82) is 5.26 Å². The summed E-state index contributed by atoms with van der Waals surface area (Å²) in [5.74, 6) is -0.434. The second kappa shape index (κ2) is 13.8. The number of nitriles is 1. The number of nitrogens with one attached hydrogen (secondary N) is 4. The van der Waals surface area contributed by atoms with E-state index in [-0.39, 0.29) is 6.04 Å². The first-order valence-electron chi connectivity index (χ1n) is 11.4. The number of halogens is 1. The molecule has 9 heteroatoms. The van der Waals surface area contributed by atoms with Crippen molar-refractivity contribution in [2.45, 2.75) is 38.0 Å². The van der Waals surface area contributed by atoms with Gasteiger partial charge in [0, 0.05) is 38.2 Å². The van der Waals surface area contributed by atoms with E-state index in [0.29, 0.717) is 30.0 Å². The molecule has 2 rings (SSSR count). The first-order valence-corrected chi connectivity index (χ1v) is 11.4. The van der Waals surface area contributed by atoms with Crippen molar-refractivity contribution in [1.82, 2.24) is 20.9 Å². The molecule has 0 bridgehead atoms. The largest absolute Gasteiger partial charge is 0.394 e. The van der Waals surface area contributed by atoms with E-state index in [9.17, 15) is 5.26 Å². The van der Waals surface area contributed by atoms with Gasteiger partial charge in [-0.05, 0) is 56.8 Å². The molecule has 1 aromatic rings. The molecule has 1 saturated heterocycles. The zero-order valence-corrected chi connectivity index (χ0v) is 20.1. The van der Waals surface area contributed by atoms with Crippen LogP contribution in [0.1, 0.15) is 25.3 Å². The molecule has 0 spiro atoms. The molecule has 1 fully saturated rings. The summed E-state index contributed by atoms with van der Waals surface area (Å²) in [6.45, 7) is 5.15. The number of anilines is 1. The van der Waals surface area contributed by atoms with Crippen LogP contribution in [0.15, 0.2) is 36.2 Å². The van der Waals surface area contributed by atoms with Crippen molar-refractivity contribution in [2.75, 3.05) is 52.8 Å². The van der Waals surface area contributed by atoms with Crippen LogP contribution in [0.2, 0.25) is 0 Å². The Morgan fingerprint density at radius 1 is 1.39 bits per heavy atom. The Labute approximate surface area is 197 Å². The molecule has 1 aliphatic rings. The van der Waals surface area contributed by atoms with Crippen LogP contribution >= 0.6 is 0 Å². The van der Waals surface area contributed by atoms with Gasteiger partial charge >= 0.3 is 0 Å². The monoisotopic (exact) mass is 459 g/mol. The van der Waals surface area contributed by atoms with E-state index in [0.717, 1.165) is 31.6 Å². The number of likely N-dealkylation sites (N-methyl/N-ethyl adjacent to an activating group) is 2. The Hall–Kier alpha value is -2.64. The highest BCUT2D eigenvalue weighted by Crippen LogP contribution is 2.24. The number of hydrogen-bond donors (Lipinski definition) is 5. The summed E-state index contributed by atoms with van der Waals surface area (Å²) in [4.78, 5) is 2.19. The molecule has 0 aromatic heterocycles. The van der Waals surface area contributed by atoms with E-state index in [1.54, 1.807) is 32.4 Å². The highest BCUT2D eigenvalue weighted by Gasteiger charge is 2.19. The van der Waals surface area contributed by atoms with Crippen LogP contribution < -0.4 is 27.0 Å². The van der Waals surface area contributed by atoms with Gasteiger partial charge < -0.3 is 36.6 Å². The fourth-order valence-corrected chi connectivity index (χ4v) is 3.75. The lowest BCUT2D eigenvalue weighted by molar-refractivity contribution is 0.191. The lowest BCUT2D eigenvalue weighted by Crippen LogP contribution is -2.39. The van der Waals surface area contributed by atoms with Crippen LogP contribution in [0, 0.1) is 17.1 Å². The van der Waals surface area contributed by atoms with E-state index in [2.05, 4.69) is 39.2 Å².